The van der Waals surface area contributed by atoms with Crippen molar-refractivity contribution in [1.82, 2.24) is 19.6 Å². The van der Waals surface area contributed by atoms with Gasteiger partial charge < -0.3 is 15.0 Å². The molecular weight excluding hydrogens is 502 g/mol. The summed E-state index contributed by atoms with van der Waals surface area (Å²) in [6.07, 6.45) is -6.02. The van der Waals surface area contributed by atoms with Gasteiger partial charge in [-0.3, -0.25) is 0 Å². The minimum Gasteiger partial charge on any atom is -0.480 e. The predicted molar refractivity (Wildman–Crippen MR) is 115 cm³/mol. The van der Waals surface area contributed by atoms with Crippen molar-refractivity contribution in [3.05, 3.63) is 41.3 Å². The Balaban J connectivity index is 1.40. The molecule has 3 atom stereocenters. The van der Waals surface area contributed by atoms with Crippen molar-refractivity contribution in [3.8, 4) is 5.75 Å². The lowest BCUT2D eigenvalue weighted by molar-refractivity contribution is -0.153. The molecule has 2 fully saturated rings. The van der Waals surface area contributed by atoms with E-state index in [2.05, 4.69) is 25.3 Å². The first-order valence-electron chi connectivity index (χ1n) is 10.8. The van der Waals surface area contributed by atoms with Crippen LogP contribution in [0.1, 0.15) is 18.5 Å². The van der Waals surface area contributed by atoms with Crippen molar-refractivity contribution >= 4 is 28.9 Å². The number of ether oxygens (including phenoxy) is 1. The summed E-state index contributed by atoms with van der Waals surface area (Å²) >= 11 is 6.01. The van der Waals surface area contributed by atoms with E-state index in [4.69, 9.17) is 16.3 Å². The highest BCUT2D eigenvalue weighted by molar-refractivity contribution is 6.29. The summed E-state index contributed by atoms with van der Waals surface area (Å²) in [5.74, 6) is -0.213. The van der Waals surface area contributed by atoms with Gasteiger partial charge >= 0.3 is 12.4 Å². The maximum Gasteiger partial charge on any atom is 0.433 e. The molecule has 4 heterocycles. The van der Waals surface area contributed by atoms with Crippen LogP contribution in [0, 0.1) is 11.8 Å². The fourth-order valence-corrected chi connectivity index (χ4v) is 5.06. The molecule has 0 aromatic carbocycles. The molecule has 3 aromatic heterocycles. The molecule has 0 amide bonds. The van der Waals surface area contributed by atoms with Gasteiger partial charge in [-0.05, 0) is 48.9 Å². The Morgan fingerprint density at radius 2 is 1.77 bits per heavy atom. The fourth-order valence-electron chi connectivity index (χ4n) is 4.89. The van der Waals surface area contributed by atoms with Gasteiger partial charge in [-0.1, -0.05) is 11.6 Å². The average molecular weight is 521 g/mol. The number of pyridine rings is 2. The van der Waals surface area contributed by atoms with Crippen molar-refractivity contribution < 1.29 is 31.1 Å². The molecule has 0 radical (unpaired) electrons. The largest absolute Gasteiger partial charge is 0.480 e. The summed E-state index contributed by atoms with van der Waals surface area (Å²) in [5.41, 5.74) is -0.671. The second-order valence-electron chi connectivity index (χ2n) is 8.66. The van der Waals surface area contributed by atoms with Crippen LogP contribution in [0.2, 0.25) is 5.15 Å². The minimum absolute atomic E-state index is 0.0964. The first kappa shape index (κ1) is 23.8. The number of anilines is 2. The van der Waals surface area contributed by atoms with Gasteiger partial charge in [-0.25, -0.2) is 9.50 Å². The lowest BCUT2D eigenvalue weighted by Crippen LogP contribution is -2.48. The molecule has 3 aromatic rings. The molecule has 0 spiro atoms. The van der Waals surface area contributed by atoms with Gasteiger partial charge in [0.15, 0.2) is 18.0 Å². The molecular formula is C21H19ClF6N6O. The highest BCUT2D eigenvalue weighted by Crippen LogP contribution is 2.40. The van der Waals surface area contributed by atoms with Gasteiger partial charge in [0.05, 0.1) is 0 Å². The number of piperidine rings is 1. The van der Waals surface area contributed by atoms with Crippen molar-refractivity contribution in [1.29, 1.82) is 0 Å². The fraction of sp³-hybridized carbons (Fsp3) is 0.476. The molecule has 1 N–H and O–H groups in total. The monoisotopic (exact) mass is 520 g/mol. The van der Waals surface area contributed by atoms with Crippen LogP contribution in [-0.2, 0) is 6.18 Å². The van der Waals surface area contributed by atoms with E-state index in [-0.39, 0.29) is 23.8 Å². The third-order valence-corrected chi connectivity index (χ3v) is 6.54. The van der Waals surface area contributed by atoms with E-state index in [1.807, 2.05) is 6.07 Å². The van der Waals surface area contributed by atoms with Gasteiger partial charge in [0.1, 0.15) is 10.8 Å². The standard InChI is InChI=1S/C21H19ClF6N6O/c22-16-7-13(5-6-29-16)33-8-11-1-2-12(9-33)17(11)30-19-31-18-14(35-10-20(23,24)25)3-4-15(21(26,27)28)34(18)32-19/h3-7,11-12,17H,1-2,8-10H2,(H,30,32)/t11-,12+,17-. The molecule has 5 rings (SSSR count). The smallest absolute Gasteiger partial charge is 0.433 e. The Labute approximate surface area is 200 Å². The number of halogens is 7. The van der Waals surface area contributed by atoms with Crippen LogP contribution in [0.4, 0.5) is 38.0 Å². The van der Waals surface area contributed by atoms with Crippen LogP contribution < -0.4 is 15.0 Å². The highest BCUT2D eigenvalue weighted by atomic mass is 35.5. The summed E-state index contributed by atoms with van der Waals surface area (Å²) in [6.45, 7) is -0.281. The molecule has 1 saturated carbocycles. The summed E-state index contributed by atoms with van der Waals surface area (Å²) in [4.78, 5) is 10.3. The van der Waals surface area contributed by atoms with Crippen molar-refractivity contribution in [2.45, 2.75) is 31.2 Å². The topological polar surface area (TPSA) is 67.6 Å². The molecule has 1 aliphatic carbocycles. The molecule has 2 bridgehead atoms. The third kappa shape index (κ3) is 4.91. The molecule has 1 aliphatic heterocycles. The van der Waals surface area contributed by atoms with E-state index >= 15 is 0 Å². The zero-order valence-electron chi connectivity index (χ0n) is 17.9. The number of rotatable bonds is 5. The Morgan fingerprint density at radius 3 is 2.40 bits per heavy atom. The van der Waals surface area contributed by atoms with E-state index in [0.717, 1.165) is 24.6 Å². The first-order chi connectivity index (χ1) is 16.5. The molecule has 188 valence electrons. The highest BCUT2D eigenvalue weighted by Gasteiger charge is 2.43. The Kier molecular flexibility index (Phi) is 5.85. The van der Waals surface area contributed by atoms with Gasteiger partial charge in [-0.15, -0.1) is 5.10 Å². The second kappa shape index (κ2) is 8.61. The average Bonchev–Trinajstić information content (AvgIpc) is 3.27. The molecule has 1 saturated heterocycles. The maximum atomic E-state index is 13.5. The van der Waals surface area contributed by atoms with Crippen LogP contribution in [-0.4, -0.2) is 51.5 Å². The van der Waals surface area contributed by atoms with Crippen LogP contribution in [0.3, 0.4) is 0 Å². The Bertz CT molecular complexity index is 1220. The summed E-state index contributed by atoms with van der Waals surface area (Å²) in [7, 11) is 0. The van der Waals surface area contributed by atoms with E-state index < -0.39 is 36.1 Å². The lowest BCUT2D eigenvalue weighted by Gasteiger charge is -2.39. The van der Waals surface area contributed by atoms with Gasteiger partial charge in [0.2, 0.25) is 5.95 Å². The molecule has 2 aliphatic rings. The third-order valence-electron chi connectivity index (χ3n) is 6.33. The number of aromatic nitrogens is 4. The molecule has 7 nitrogen and oxygen atoms in total. The maximum absolute atomic E-state index is 13.5. The lowest BCUT2D eigenvalue weighted by atomic mass is 9.92. The van der Waals surface area contributed by atoms with Crippen LogP contribution in [0.5, 0.6) is 5.75 Å². The van der Waals surface area contributed by atoms with Crippen molar-refractivity contribution in [2.24, 2.45) is 11.8 Å². The quantitative estimate of drug-likeness (QED) is 0.374. The van der Waals surface area contributed by atoms with E-state index in [9.17, 15) is 26.3 Å². The summed E-state index contributed by atoms with van der Waals surface area (Å²) in [5, 5.41) is 7.46. The number of nitrogens with one attached hydrogen (secondary N) is 1. The van der Waals surface area contributed by atoms with E-state index in [1.165, 1.54) is 0 Å². The van der Waals surface area contributed by atoms with Crippen LogP contribution >= 0.6 is 11.6 Å². The molecule has 35 heavy (non-hydrogen) atoms. The predicted octanol–water partition coefficient (Wildman–Crippen LogP) is 5.06. The molecule has 0 unspecified atom stereocenters. The SMILES string of the molecule is FC(F)(F)COc1ccc(C(F)(F)F)n2nc(N[C@@H]3[C@@H]4CC[C@H]3CN(c3ccnc(Cl)c3)C4)nc12. The number of alkyl halides is 6. The minimum atomic E-state index is -4.79. The Morgan fingerprint density at radius 1 is 1.06 bits per heavy atom. The number of hydrogen-bond acceptors (Lipinski definition) is 6. The number of fused-ring (bicyclic) bond motifs is 3. The van der Waals surface area contributed by atoms with Crippen LogP contribution in [0.25, 0.3) is 5.65 Å². The molecule has 14 heteroatoms. The summed E-state index contributed by atoms with van der Waals surface area (Å²) < 4.78 is 83.6. The zero-order chi connectivity index (χ0) is 25.0. The zero-order valence-corrected chi connectivity index (χ0v) is 18.7. The second-order valence-corrected chi connectivity index (χ2v) is 9.05. The van der Waals surface area contributed by atoms with E-state index in [0.29, 0.717) is 28.8 Å². The number of hydrogen-bond donors (Lipinski definition) is 1. The van der Waals surface area contributed by atoms with Crippen molar-refractivity contribution in [2.75, 3.05) is 29.9 Å². The van der Waals surface area contributed by atoms with Crippen molar-refractivity contribution in [3.63, 3.8) is 0 Å². The Hall–Kier alpha value is -2.96. The number of nitrogens with zero attached hydrogens (tertiary/aromatic N) is 5. The van der Waals surface area contributed by atoms with E-state index in [1.54, 1.807) is 12.3 Å². The van der Waals surface area contributed by atoms with Crippen LogP contribution in [0.15, 0.2) is 30.5 Å². The normalized spacial score (nSPS) is 22.6. The summed E-state index contributed by atoms with van der Waals surface area (Å²) in [6, 6.07) is 4.99. The first-order valence-corrected chi connectivity index (χ1v) is 11.2. The van der Waals surface area contributed by atoms with Gasteiger partial charge in [-0.2, -0.15) is 31.3 Å². The van der Waals surface area contributed by atoms with Gasteiger partial charge in [0, 0.05) is 31.0 Å². The van der Waals surface area contributed by atoms with Gasteiger partial charge in [0.25, 0.3) is 0 Å².